The molecule has 0 aliphatic carbocycles. The van der Waals surface area contributed by atoms with Crippen molar-refractivity contribution in [1.82, 2.24) is 0 Å². The minimum atomic E-state index is -0.959. The Morgan fingerprint density at radius 3 is 2.50 bits per heavy atom. The second-order valence-corrected chi connectivity index (χ2v) is 4.07. The Balaban J connectivity index is 3.95. The molecule has 0 aliphatic rings. The topological polar surface area (TPSA) is 46.5 Å². The van der Waals surface area contributed by atoms with Crippen molar-refractivity contribution in [2.24, 2.45) is 0 Å². The van der Waals surface area contributed by atoms with Gasteiger partial charge in [-0.2, -0.15) is 0 Å². The van der Waals surface area contributed by atoms with Crippen LogP contribution in [0.25, 0.3) is 0 Å². The van der Waals surface area contributed by atoms with E-state index >= 15 is 0 Å². The minimum Gasteiger partial charge on any atom is -0.469 e. The molecule has 0 spiro atoms. The zero-order valence-electron chi connectivity index (χ0n) is 9.46. The number of carbonyl (C=O) groups is 1. The van der Waals surface area contributed by atoms with Crippen molar-refractivity contribution in [2.75, 3.05) is 7.11 Å². The minimum absolute atomic E-state index is 0.0557. The Bertz CT molecular complexity index is 213. The SMILES string of the molecule is COC(=O)C[C@](C)(O)CCC=C(C)C. The molecule has 0 bridgehead atoms. The predicted molar refractivity (Wildman–Crippen MR) is 55.9 cm³/mol. The molecule has 1 atom stereocenters. The third kappa shape index (κ3) is 6.66. The first kappa shape index (κ1) is 13.2. The average Bonchev–Trinajstić information content (AvgIpc) is 2.02. The van der Waals surface area contributed by atoms with E-state index in [4.69, 9.17) is 0 Å². The maximum atomic E-state index is 10.9. The normalized spacial score (nSPS) is 14.4. The van der Waals surface area contributed by atoms with Crippen LogP contribution in [0.1, 0.15) is 40.0 Å². The molecule has 0 rings (SSSR count). The summed E-state index contributed by atoms with van der Waals surface area (Å²) in [6.45, 7) is 5.67. The first-order chi connectivity index (χ1) is 6.37. The van der Waals surface area contributed by atoms with E-state index in [2.05, 4.69) is 4.74 Å². The molecular weight excluding hydrogens is 180 g/mol. The standard InChI is InChI=1S/C11H20O3/c1-9(2)6-5-7-11(3,13)8-10(12)14-4/h6,13H,5,7-8H2,1-4H3/t11-/m1/s1. The van der Waals surface area contributed by atoms with E-state index in [1.807, 2.05) is 19.9 Å². The third-order valence-corrected chi connectivity index (χ3v) is 1.99. The molecule has 0 radical (unpaired) electrons. The summed E-state index contributed by atoms with van der Waals surface area (Å²) in [6.07, 6.45) is 3.46. The number of carbonyl (C=O) groups excluding carboxylic acids is 1. The van der Waals surface area contributed by atoms with Gasteiger partial charge in [-0.05, 0) is 33.6 Å². The molecular formula is C11H20O3. The molecule has 0 unspecified atom stereocenters. The van der Waals surface area contributed by atoms with Gasteiger partial charge in [0.25, 0.3) is 0 Å². The van der Waals surface area contributed by atoms with Crippen molar-refractivity contribution in [2.45, 2.75) is 45.6 Å². The molecule has 0 aromatic heterocycles. The van der Waals surface area contributed by atoms with Gasteiger partial charge < -0.3 is 9.84 Å². The van der Waals surface area contributed by atoms with Gasteiger partial charge in [0.2, 0.25) is 0 Å². The van der Waals surface area contributed by atoms with Crippen molar-refractivity contribution in [3.8, 4) is 0 Å². The van der Waals surface area contributed by atoms with Crippen LogP contribution in [0.5, 0.6) is 0 Å². The number of ether oxygens (including phenoxy) is 1. The molecule has 0 saturated carbocycles. The summed E-state index contributed by atoms with van der Waals surface area (Å²) in [7, 11) is 1.33. The van der Waals surface area contributed by atoms with E-state index in [1.54, 1.807) is 6.92 Å². The monoisotopic (exact) mass is 200 g/mol. The lowest BCUT2D eigenvalue weighted by Gasteiger charge is -2.20. The predicted octanol–water partition coefficient (Wildman–Crippen LogP) is 2.05. The van der Waals surface area contributed by atoms with E-state index in [1.165, 1.54) is 12.7 Å². The molecule has 0 aromatic rings. The van der Waals surface area contributed by atoms with Gasteiger partial charge in [-0.25, -0.2) is 0 Å². The molecule has 82 valence electrons. The van der Waals surface area contributed by atoms with E-state index in [-0.39, 0.29) is 12.4 Å². The van der Waals surface area contributed by atoms with Gasteiger partial charge >= 0.3 is 5.97 Å². The maximum absolute atomic E-state index is 10.9. The highest BCUT2D eigenvalue weighted by Gasteiger charge is 2.23. The Labute approximate surface area is 85.8 Å². The maximum Gasteiger partial charge on any atom is 0.308 e. The number of allylic oxidation sites excluding steroid dienone is 2. The first-order valence-electron chi connectivity index (χ1n) is 4.80. The van der Waals surface area contributed by atoms with Crippen molar-refractivity contribution in [3.63, 3.8) is 0 Å². The van der Waals surface area contributed by atoms with Crippen LogP contribution in [0, 0.1) is 0 Å². The highest BCUT2D eigenvalue weighted by atomic mass is 16.5. The third-order valence-electron chi connectivity index (χ3n) is 1.99. The van der Waals surface area contributed by atoms with Gasteiger partial charge in [-0.1, -0.05) is 11.6 Å². The lowest BCUT2D eigenvalue weighted by Crippen LogP contribution is -2.28. The summed E-state index contributed by atoms with van der Waals surface area (Å²) in [5, 5.41) is 9.80. The fourth-order valence-electron chi connectivity index (χ4n) is 1.14. The first-order valence-corrected chi connectivity index (χ1v) is 4.80. The fraction of sp³-hybridized carbons (Fsp3) is 0.727. The van der Waals surface area contributed by atoms with E-state index in [9.17, 15) is 9.90 Å². The van der Waals surface area contributed by atoms with E-state index in [0.29, 0.717) is 6.42 Å². The number of esters is 1. The molecule has 3 heteroatoms. The lowest BCUT2D eigenvalue weighted by molar-refractivity contribution is -0.145. The quantitative estimate of drug-likeness (QED) is 0.545. The number of rotatable bonds is 5. The number of hydrogen-bond donors (Lipinski definition) is 1. The smallest absolute Gasteiger partial charge is 0.308 e. The number of aliphatic hydroxyl groups is 1. The Morgan fingerprint density at radius 1 is 1.50 bits per heavy atom. The second-order valence-electron chi connectivity index (χ2n) is 4.07. The van der Waals surface area contributed by atoms with Crippen LogP contribution in [-0.4, -0.2) is 23.8 Å². The molecule has 3 nitrogen and oxygen atoms in total. The zero-order chi connectivity index (χ0) is 11.2. The largest absolute Gasteiger partial charge is 0.469 e. The van der Waals surface area contributed by atoms with Crippen molar-refractivity contribution < 1.29 is 14.6 Å². The average molecular weight is 200 g/mol. The molecule has 0 saturated heterocycles. The molecule has 0 amide bonds. The van der Waals surface area contributed by atoms with Gasteiger partial charge in [0, 0.05) is 0 Å². The van der Waals surface area contributed by atoms with Crippen LogP contribution in [-0.2, 0) is 9.53 Å². The second kappa shape index (κ2) is 5.81. The van der Waals surface area contributed by atoms with Crippen LogP contribution in [0.4, 0.5) is 0 Å². The summed E-state index contributed by atoms with van der Waals surface area (Å²) in [5.74, 6) is -0.368. The molecule has 0 fully saturated rings. The summed E-state index contributed by atoms with van der Waals surface area (Å²) in [4.78, 5) is 10.9. The van der Waals surface area contributed by atoms with Crippen LogP contribution >= 0.6 is 0 Å². The van der Waals surface area contributed by atoms with Crippen LogP contribution in [0.15, 0.2) is 11.6 Å². The van der Waals surface area contributed by atoms with Gasteiger partial charge in [0.1, 0.15) is 0 Å². The van der Waals surface area contributed by atoms with Gasteiger partial charge in [0.05, 0.1) is 19.1 Å². The van der Waals surface area contributed by atoms with Gasteiger partial charge in [-0.15, -0.1) is 0 Å². The summed E-state index contributed by atoms with van der Waals surface area (Å²) in [5.41, 5.74) is 0.262. The van der Waals surface area contributed by atoms with Gasteiger partial charge in [-0.3, -0.25) is 4.79 Å². The Kier molecular flexibility index (Phi) is 5.46. The fourth-order valence-corrected chi connectivity index (χ4v) is 1.14. The van der Waals surface area contributed by atoms with Gasteiger partial charge in [0.15, 0.2) is 0 Å². The Morgan fingerprint density at radius 2 is 2.07 bits per heavy atom. The van der Waals surface area contributed by atoms with Crippen molar-refractivity contribution >= 4 is 5.97 Å². The van der Waals surface area contributed by atoms with E-state index < -0.39 is 5.60 Å². The molecule has 1 N–H and O–H groups in total. The molecule has 0 aromatic carbocycles. The van der Waals surface area contributed by atoms with Crippen LogP contribution < -0.4 is 0 Å². The zero-order valence-corrected chi connectivity index (χ0v) is 9.46. The molecule has 0 aliphatic heterocycles. The highest BCUT2D eigenvalue weighted by Crippen LogP contribution is 2.18. The van der Waals surface area contributed by atoms with Crippen LogP contribution in [0.2, 0.25) is 0 Å². The number of methoxy groups -OCH3 is 1. The molecule has 14 heavy (non-hydrogen) atoms. The highest BCUT2D eigenvalue weighted by molar-refractivity contribution is 5.70. The summed E-state index contributed by atoms with van der Waals surface area (Å²) in [6, 6.07) is 0. The van der Waals surface area contributed by atoms with E-state index in [0.717, 1.165) is 6.42 Å². The lowest BCUT2D eigenvalue weighted by atomic mass is 9.96. The Hall–Kier alpha value is -0.830. The summed E-state index contributed by atoms with van der Waals surface area (Å²) < 4.78 is 4.50. The summed E-state index contributed by atoms with van der Waals surface area (Å²) >= 11 is 0. The number of hydrogen-bond acceptors (Lipinski definition) is 3. The molecule has 0 heterocycles. The van der Waals surface area contributed by atoms with Crippen LogP contribution in [0.3, 0.4) is 0 Å². The van der Waals surface area contributed by atoms with Crippen molar-refractivity contribution in [3.05, 3.63) is 11.6 Å². The van der Waals surface area contributed by atoms with Crippen molar-refractivity contribution in [1.29, 1.82) is 0 Å².